The van der Waals surface area contributed by atoms with E-state index in [1.54, 1.807) is 0 Å². The summed E-state index contributed by atoms with van der Waals surface area (Å²) in [5.74, 6) is 0. The molecule has 2 aliphatic rings. The molecule has 2 heteroatoms. The van der Waals surface area contributed by atoms with Gasteiger partial charge in [0.25, 0.3) is 0 Å². The van der Waals surface area contributed by atoms with Gasteiger partial charge in [-0.25, -0.2) is 0 Å². The quantitative estimate of drug-likeness (QED) is 0.175. The SMILES string of the molecule is c1cc(-c2cccc3ccccc23)cc(N(c2cccc3c2-c2ccccc2C32c3ccccc3-c3ccccc32)c2cccc3c2sc2ccccc23)c1. The molecule has 55 heavy (non-hydrogen) atoms. The summed E-state index contributed by atoms with van der Waals surface area (Å²) in [7, 11) is 0. The molecular formula is C53H33NS. The first-order valence-electron chi connectivity index (χ1n) is 19.0. The van der Waals surface area contributed by atoms with Crippen LogP contribution >= 0.6 is 11.3 Å². The Balaban J connectivity index is 1.18. The maximum Gasteiger partial charge on any atom is 0.0726 e. The molecule has 1 heterocycles. The molecule has 10 aromatic rings. The van der Waals surface area contributed by atoms with E-state index in [9.17, 15) is 0 Å². The number of hydrogen-bond acceptors (Lipinski definition) is 2. The van der Waals surface area contributed by atoms with E-state index in [1.165, 1.54) is 98.0 Å². The Morgan fingerprint density at radius 2 is 0.927 bits per heavy atom. The number of hydrogen-bond donors (Lipinski definition) is 0. The molecule has 2 aliphatic carbocycles. The van der Waals surface area contributed by atoms with Gasteiger partial charge >= 0.3 is 0 Å². The third-order valence-electron chi connectivity index (χ3n) is 12.1. The smallest absolute Gasteiger partial charge is 0.0726 e. The molecule has 0 bridgehead atoms. The third kappa shape index (κ3) is 4.18. The molecule has 256 valence electrons. The van der Waals surface area contributed by atoms with Crippen LogP contribution in [0.1, 0.15) is 22.3 Å². The predicted molar refractivity (Wildman–Crippen MR) is 233 cm³/mol. The Kier molecular flexibility index (Phi) is 6.49. The Morgan fingerprint density at radius 3 is 1.75 bits per heavy atom. The fourth-order valence-corrected chi connectivity index (χ4v) is 11.1. The van der Waals surface area contributed by atoms with Crippen LogP contribution in [0, 0.1) is 0 Å². The van der Waals surface area contributed by atoms with E-state index in [2.05, 4.69) is 205 Å². The van der Waals surface area contributed by atoms with Crippen molar-refractivity contribution in [2.24, 2.45) is 0 Å². The highest BCUT2D eigenvalue weighted by molar-refractivity contribution is 7.26. The van der Waals surface area contributed by atoms with E-state index in [1.807, 2.05) is 11.3 Å². The Labute approximate surface area is 324 Å². The first-order chi connectivity index (χ1) is 27.3. The van der Waals surface area contributed by atoms with Gasteiger partial charge in [-0.05, 0) is 91.2 Å². The summed E-state index contributed by atoms with van der Waals surface area (Å²) in [6.45, 7) is 0. The van der Waals surface area contributed by atoms with Crippen LogP contribution < -0.4 is 4.90 Å². The summed E-state index contributed by atoms with van der Waals surface area (Å²) in [4.78, 5) is 2.55. The van der Waals surface area contributed by atoms with Crippen molar-refractivity contribution in [2.75, 3.05) is 4.90 Å². The van der Waals surface area contributed by atoms with Crippen molar-refractivity contribution in [3.63, 3.8) is 0 Å². The van der Waals surface area contributed by atoms with Crippen LogP contribution in [-0.2, 0) is 5.41 Å². The lowest BCUT2D eigenvalue weighted by atomic mass is 9.70. The summed E-state index contributed by atoms with van der Waals surface area (Å²) < 4.78 is 2.59. The van der Waals surface area contributed by atoms with Crippen LogP contribution in [0.25, 0.3) is 64.3 Å². The van der Waals surface area contributed by atoms with Crippen molar-refractivity contribution in [3.8, 4) is 33.4 Å². The molecule has 0 fully saturated rings. The monoisotopic (exact) mass is 715 g/mol. The largest absolute Gasteiger partial charge is 0.308 e. The third-order valence-corrected chi connectivity index (χ3v) is 13.3. The van der Waals surface area contributed by atoms with Gasteiger partial charge in [-0.15, -0.1) is 11.3 Å². The van der Waals surface area contributed by atoms with E-state index in [0.29, 0.717) is 0 Å². The first kappa shape index (κ1) is 30.7. The zero-order valence-electron chi connectivity index (χ0n) is 29.9. The highest BCUT2D eigenvalue weighted by Crippen LogP contribution is 2.65. The minimum absolute atomic E-state index is 0.421. The molecule has 0 radical (unpaired) electrons. The van der Waals surface area contributed by atoms with E-state index in [-0.39, 0.29) is 0 Å². The van der Waals surface area contributed by atoms with Crippen molar-refractivity contribution in [3.05, 3.63) is 222 Å². The second-order valence-corrected chi connectivity index (χ2v) is 15.8. The standard InChI is InChI=1S/C53H33NS/c1-2-19-37-34(15-1)16-12-24-38(37)35-17-11-18-36(33-35)54(49-31-13-25-42-41-22-6-10-32-50(41)55-52(42)49)48-30-14-29-47-51(48)43-23-5-9-28-46(43)53(47)44-26-7-3-20-39(44)40-21-4-8-27-45(40)53/h1-33H. The molecule has 0 N–H and O–H groups in total. The van der Waals surface area contributed by atoms with Gasteiger partial charge in [-0.2, -0.15) is 0 Å². The van der Waals surface area contributed by atoms with Crippen molar-refractivity contribution >= 4 is 59.3 Å². The van der Waals surface area contributed by atoms with Crippen molar-refractivity contribution in [2.45, 2.75) is 5.41 Å². The number of rotatable bonds is 4. The van der Waals surface area contributed by atoms with Gasteiger partial charge < -0.3 is 4.90 Å². The second kappa shape index (κ2) is 11.6. The van der Waals surface area contributed by atoms with E-state index >= 15 is 0 Å². The highest BCUT2D eigenvalue weighted by Gasteiger charge is 2.52. The topological polar surface area (TPSA) is 3.24 Å². The summed E-state index contributed by atoms with van der Waals surface area (Å²) in [6, 6.07) is 74.5. The molecule has 9 aromatic carbocycles. The van der Waals surface area contributed by atoms with Gasteiger partial charge in [-0.1, -0.05) is 170 Å². The van der Waals surface area contributed by atoms with Crippen LogP contribution in [0.3, 0.4) is 0 Å². The Hall–Kier alpha value is -6.74. The fraction of sp³-hybridized carbons (Fsp3) is 0.0189. The molecule has 0 saturated heterocycles. The molecular weight excluding hydrogens is 683 g/mol. The van der Waals surface area contributed by atoms with E-state index < -0.39 is 5.41 Å². The van der Waals surface area contributed by atoms with Gasteiger partial charge in [0, 0.05) is 26.7 Å². The van der Waals surface area contributed by atoms with Crippen molar-refractivity contribution in [1.82, 2.24) is 0 Å². The Bertz CT molecular complexity index is 3130. The first-order valence-corrected chi connectivity index (χ1v) is 19.8. The van der Waals surface area contributed by atoms with Crippen LogP contribution in [0.4, 0.5) is 17.1 Å². The molecule has 0 amide bonds. The van der Waals surface area contributed by atoms with Gasteiger partial charge in [0.15, 0.2) is 0 Å². The molecule has 1 aromatic heterocycles. The zero-order valence-corrected chi connectivity index (χ0v) is 30.7. The van der Waals surface area contributed by atoms with Crippen molar-refractivity contribution < 1.29 is 0 Å². The van der Waals surface area contributed by atoms with Crippen LogP contribution in [0.2, 0.25) is 0 Å². The summed E-state index contributed by atoms with van der Waals surface area (Å²) >= 11 is 1.89. The molecule has 1 spiro atoms. The summed E-state index contributed by atoms with van der Waals surface area (Å²) in [5.41, 5.74) is 16.1. The van der Waals surface area contributed by atoms with Crippen LogP contribution in [0.5, 0.6) is 0 Å². The van der Waals surface area contributed by atoms with Crippen LogP contribution in [0.15, 0.2) is 200 Å². The lowest BCUT2D eigenvalue weighted by Crippen LogP contribution is -2.26. The lowest BCUT2D eigenvalue weighted by molar-refractivity contribution is 0.794. The number of benzene rings is 9. The lowest BCUT2D eigenvalue weighted by Gasteiger charge is -2.32. The van der Waals surface area contributed by atoms with Gasteiger partial charge in [0.1, 0.15) is 0 Å². The fourth-order valence-electron chi connectivity index (χ4n) is 9.92. The number of anilines is 3. The molecule has 0 aliphatic heterocycles. The van der Waals surface area contributed by atoms with Gasteiger partial charge in [-0.3, -0.25) is 0 Å². The minimum atomic E-state index is -0.421. The van der Waals surface area contributed by atoms with Crippen molar-refractivity contribution in [1.29, 1.82) is 0 Å². The normalized spacial score (nSPS) is 13.2. The van der Waals surface area contributed by atoms with E-state index in [4.69, 9.17) is 0 Å². The minimum Gasteiger partial charge on any atom is -0.308 e. The average Bonchev–Trinajstić information content (AvgIpc) is 3.89. The van der Waals surface area contributed by atoms with Gasteiger partial charge in [0.2, 0.25) is 0 Å². The number of nitrogens with zero attached hydrogens (tertiary/aromatic N) is 1. The number of fused-ring (bicyclic) bond motifs is 14. The maximum absolute atomic E-state index is 2.55. The Morgan fingerprint density at radius 1 is 0.382 bits per heavy atom. The molecule has 1 nitrogen and oxygen atoms in total. The predicted octanol–water partition coefficient (Wildman–Crippen LogP) is 14.7. The van der Waals surface area contributed by atoms with E-state index in [0.717, 1.165) is 5.69 Å². The second-order valence-electron chi connectivity index (χ2n) is 14.8. The molecule has 12 rings (SSSR count). The summed E-state index contributed by atoms with van der Waals surface area (Å²) in [5, 5.41) is 5.10. The molecule has 0 unspecified atom stereocenters. The average molecular weight is 716 g/mol. The maximum atomic E-state index is 2.55. The zero-order chi connectivity index (χ0) is 36.1. The van der Waals surface area contributed by atoms with Crippen LogP contribution in [-0.4, -0.2) is 0 Å². The number of thiophene rings is 1. The molecule has 0 atom stereocenters. The highest BCUT2D eigenvalue weighted by atomic mass is 32.1. The molecule has 0 saturated carbocycles. The van der Waals surface area contributed by atoms with Gasteiger partial charge in [0.05, 0.1) is 21.5 Å². The summed E-state index contributed by atoms with van der Waals surface area (Å²) in [6.07, 6.45) is 0.